The highest BCUT2D eigenvalue weighted by Crippen LogP contribution is 2.18. The minimum absolute atomic E-state index is 0. The number of nitrogens with one attached hydrogen (secondary N) is 2. The Morgan fingerprint density at radius 2 is 1.91 bits per heavy atom. The summed E-state index contributed by atoms with van der Waals surface area (Å²) in [5.41, 5.74) is 0.638. The number of anilines is 1. The molecular weight excluding hydrogens is 519 g/mol. The van der Waals surface area contributed by atoms with E-state index in [4.69, 9.17) is 9.72 Å². The Morgan fingerprint density at radius 1 is 1.19 bits per heavy atom. The highest BCUT2D eigenvalue weighted by Gasteiger charge is 2.27. The lowest BCUT2D eigenvalue weighted by molar-refractivity contribution is 0.0507. The maximum atomic E-state index is 12.0. The number of guanidine groups is 1. The van der Waals surface area contributed by atoms with E-state index in [1.54, 1.807) is 7.05 Å². The molecule has 0 radical (unpaired) electrons. The smallest absolute Gasteiger partial charge is 0.407 e. The number of aliphatic imine (C=N–C) groups is 1. The highest BCUT2D eigenvalue weighted by molar-refractivity contribution is 14.0. The summed E-state index contributed by atoms with van der Waals surface area (Å²) in [4.78, 5) is 25.7. The van der Waals surface area contributed by atoms with Crippen molar-refractivity contribution in [1.29, 1.82) is 0 Å². The lowest BCUT2D eigenvalue weighted by Crippen LogP contribution is -2.44. The number of alkyl carbamates (subject to hydrolysis) is 1. The Hall–Kier alpha value is -1.78. The normalized spacial score (nSPS) is 19.8. The minimum atomic E-state index is -0.489. The number of hydrogen-bond acceptors (Lipinski definition) is 5. The van der Waals surface area contributed by atoms with Gasteiger partial charge in [0, 0.05) is 46.0 Å². The van der Waals surface area contributed by atoms with Crippen molar-refractivity contribution in [1.82, 2.24) is 20.5 Å². The first kappa shape index (κ1) is 26.5. The highest BCUT2D eigenvalue weighted by atomic mass is 127. The molecule has 2 fully saturated rings. The predicted octanol–water partition coefficient (Wildman–Crippen LogP) is 3.75. The van der Waals surface area contributed by atoms with Crippen LogP contribution in [0.2, 0.25) is 0 Å². The number of ether oxygens (including phenoxy) is 1. The zero-order chi connectivity index (χ0) is 22.3. The van der Waals surface area contributed by atoms with E-state index in [1.165, 1.54) is 25.7 Å². The number of rotatable bonds is 4. The third-order valence-electron chi connectivity index (χ3n) is 5.61. The summed E-state index contributed by atoms with van der Waals surface area (Å²) in [7, 11) is 1.79. The first-order chi connectivity index (χ1) is 14.8. The molecule has 1 atom stereocenters. The van der Waals surface area contributed by atoms with Crippen molar-refractivity contribution in [3.8, 4) is 0 Å². The van der Waals surface area contributed by atoms with Crippen molar-refractivity contribution in [2.45, 2.75) is 71.1 Å². The quantitative estimate of drug-likeness (QED) is 0.333. The van der Waals surface area contributed by atoms with Gasteiger partial charge in [0.2, 0.25) is 0 Å². The van der Waals surface area contributed by atoms with Gasteiger partial charge in [0.1, 0.15) is 11.4 Å². The van der Waals surface area contributed by atoms with Gasteiger partial charge < -0.3 is 25.2 Å². The van der Waals surface area contributed by atoms with Gasteiger partial charge in [-0.3, -0.25) is 4.99 Å². The molecule has 180 valence electrons. The van der Waals surface area contributed by atoms with Crippen LogP contribution in [0.1, 0.15) is 58.4 Å². The molecule has 0 aliphatic carbocycles. The molecule has 3 rings (SSSR count). The van der Waals surface area contributed by atoms with Gasteiger partial charge >= 0.3 is 6.09 Å². The largest absolute Gasteiger partial charge is 0.444 e. The second-order valence-corrected chi connectivity index (χ2v) is 9.40. The molecule has 1 aromatic heterocycles. The van der Waals surface area contributed by atoms with Gasteiger partial charge in [-0.2, -0.15) is 0 Å². The fraction of sp³-hybridized carbons (Fsp3) is 0.696. The zero-order valence-electron chi connectivity index (χ0n) is 19.9. The third-order valence-corrected chi connectivity index (χ3v) is 5.61. The molecule has 2 aliphatic rings. The molecule has 2 saturated heterocycles. The van der Waals surface area contributed by atoms with E-state index in [0.717, 1.165) is 43.4 Å². The molecule has 0 saturated carbocycles. The van der Waals surface area contributed by atoms with Crippen molar-refractivity contribution >= 4 is 41.8 Å². The molecule has 1 amide bonds. The Morgan fingerprint density at radius 3 is 2.50 bits per heavy atom. The van der Waals surface area contributed by atoms with Gasteiger partial charge in [0.25, 0.3) is 0 Å². The Labute approximate surface area is 209 Å². The van der Waals surface area contributed by atoms with E-state index < -0.39 is 5.60 Å². The Bertz CT molecular complexity index is 742. The van der Waals surface area contributed by atoms with E-state index in [2.05, 4.69) is 37.6 Å². The Kier molecular flexibility index (Phi) is 10.3. The number of likely N-dealkylation sites (tertiary alicyclic amines) is 1. The number of hydrogen-bond donors (Lipinski definition) is 2. The SMILES string of the molecule is CN=C(NCc1ccc(N2CCCCCC2)nc1)N1CCC(NC(=O)OC(C)(C)C)C1.I. The van der Waals surface area contributed by atoms with Crippen molar-refractivity contribution in [2.75, 3.05) is 38.1 Å². The number of carbonyl (C=O) groups excluding carboxylic acids is 1. The molecule has 8 nitrogen and oxygen atoms in total. The van der Waals surface area contributed by atoms with Gasteiger partial charge in [-0.1, -0.05) is 18.9 Å². The molecular formula is C23H39IN6O2. The number of pyridine rings is 1. The second kappa shape index (κ2) is 12.5. The maximum Gasteiger partial charge on any atom is 0.407 e. The summed E-state index contributed by atoms with van der Waals surface area (Å²) in [5, 5.41) is 6.39. The van der Waals surface area contributed by atoms with Crippen LogP contribution < -0.4 is 15.5 Å². The summed E-state index contributed by atoms with van der Waals surface area (Å²) in [6, 6.07) is 4.33. The van der Waals surface area contributed by atoms with Gasteiger partial charge in [0.05, 0.1) is 6.04 Å². The number of halogens is 1. The second-order valence-electron chi connectivity index (χ2n) is 9.40. The van der Waals surface area contributed by atoms with E-state index in [0.29, 0.717) is 13.1 Å². The average molecular weight is 559 g/mol. The van der Waals surface area contributed by atoms with Crippen LogP contribution in [0.3, 0.4) is 0 Å². The summed E-state index contributed by atoms with van der Waals surface area (Å²) in [6.07, 6.45) is 7.60. The predicted molar refractivity (Wildman–Crippen MR) is 140 cm³/mol. The zero-order valence-corrected chi connectivity index (χ0v) is 22.2. The number of carbonyl (C=O) groups is 1. The molecule has 0 bridgehead atoms. The first-order valence-electron chi connectivity index (χ1n) is 11.5. The first-order valence-corrected chi connectivity index (χ1v) is 11.5. The lowest BCUT2D eigenvalue weighted by atomic mass is 10.2. The third kappa shape index (κ3) is 8.29. The van der Waals surface area contributed by atoms with Crippen molar-refractivity contribution in [3.05, 3.63) is 23.9 Å². The minimum Gasteiger partial charge on any atom is -0.444 e. The van der Waals surface area contributed by atoms with Crippen molar-refractivity contribution in [3.63, 3.8) is 0 Å². The van der Waals surface area contributed by atoms with E-state index in [1.807, 2.05) is 27.0 Å². The van der Waals surface area contributed by atoms with Crippen LogP contribution in [-0.2, 0) is 11.3 Å². The number of nitrogens with zero attached hydrogens (tertiary/aromatic N) is 4. The monoisotopic (exact) mass is 558 g/mol. The van der Waals surface area contributed by atoms with Crippen LogP contribution >= 0.6 is 24.0 Å². The molecule has 0 aromatic carbocycles. The fourth-order valence-electron chi connectivity index (χ4n) is 4.07. The molecule has 2 N–H and O–H groups in total. The standard InChI is InChI=1S/C23H38N6O2.HI/c1-23(2,3)31-22(30)27-19-11-14-29(17-19)21(24-4)26-16-18-9-10-20(25-15-18)28-12-7-5-6-8-13-28;/h9-10,15,19H,5-8,11-14,16-17H2,1-4H3,(H,24,26)(H,27,30);1H. The molecule has 32 heavy (non-hydrogen) atoms. The van der Waals surface area contributed by atoms with Crippen LogP contribution in [-0.4, -0.2) is 66.8 Å². The van der Waals surface area contributed by atoms with Crippen LogP contribution in [0, 0.1) is 0 Å². The van der Waals surface area contributed by atoms with Crippen molar-refractivity contribution < 1.29 is 9.53 Å². The van der Waals surface area contributed by atoms with E-state index in [-0.39, 0.29) is 36.1 Å². The molecule has 9 heteroatoms. The molecule has 1 unspecified atom stereocenters. The maximum absolute atomic E-state index is 12.0. The van der Waals surface area contributed by atoms with Crippen LogP contribution in [0.4, 0.5) is 10.6 Å². The van der Waals surface area contributed by atoms with Crippen molar-refractivity contribution in [2.24, 2.45) is 4.99 Å². The van der Waals surface area contributed by atoms with Crippen LogP contribution in [0.25, 0.3) is 0 Å². The van der Waals surface area contributed by atoms with Crippen LogP contribution in [0.5, 0.6) is 0 Å². The average Bonchev–Trinajstić information content (AvgIpc) is 2.99. The van der Waals surface area contributed by atoms with Gasteiger partial charge in [-0.05, 0) is 51.7 Å². The van der Waals surface area contributed by atoms with Crippen LogP contribution in [0.15, 0.2) is 23.3 Å². The number of aromatic nitrogens is 1. The Balaban J connectivity index is 0.00000363. The molecule has 0 spiro atoms. The summed E-state index contributed by atoms with van der Waals surface area (Å²) in [6.45, 7) is 10.0. The molecule has 2 aliphatic heterocycles. The van der Waals surface area contributed by atoms with E-state index in [9.17, 15) is 4.79 Å². The summed E-state index contributed by atoms with van der Waals surface area (Å²) < 4.78 is 5.36. The summed E-state index contributed by atoms with van der Waals surface area (Å²) in [5.74, 6) is 1.91. The van der Waals surface area contributed by atoms with Gasteiger partial charge in [-0.15, -0.1) is 24.0 Å². The van der Waals surface area contributed by atoms with Gasteiger partial charge in [0.15, 0.2) is 5.96 Å². The lowest BCUT2D eigenvalue weighted by Gasteiger charge is -2.24. The van der Waals surface area contributed by atoms with Gasteiger partial charge in [-0.25, -0.2) is 9.78 Å². The topological polar surface area (TPSA) is 82.1 Å². The number of amides is 1. The fourth-order valence-corrected chi connectivity index (χ4v) is 4.07. The molecule has 3 heterocycles. The van der Waals surface area contributed by atoms with E-state index >= 15 is 0 Å². The summed E-state index contributed by atoms with van der Waals surface area (Å²) >= 11 is 0. The molecule has 1 aromatic rings.